The van der Waals surface area contributed by atoms with Gasteiger partial charge in [0.15, 0.2) is 0 Å². The fourth-order valence-electron chi connectivity index (χ4n) is 0.312. The topological polar surface area (TPSA) is 127 Å². The van der Waals surface area contributed by atoms with Crippen LogP contribution >= 0.6 is 0 Å². The van der Waals surface area contributed by atoms with Crippen molar-refractivity contribution in [3.63, 3.8) is 0 Å². The molecule has 0 spiro atoms. The zero-order valence-electron chi connectivity index (χ0n) is 5.50. The van der Waals surface area contributed by atoms with Crippen molar-refractivity contribution in [3.05, 3.63) is 0 Å². The highest BCUT2D eigenvalue weighted by Gasteiger charge is 2.15. The highest BCUT2D eigenvalue weighted by Crippen LogP contribution is 1.76. The van der Waals surface area contributed by atoms with Crippen LogP contribution in [0.25, 0.3) is 0 Å². The molecule has 0 saturated carbocycles. The van der Waals surface area contributed by atoms with Crippen molar-refractivity contribution >= 4 is 5.97 Å². The largest absolute Gasteiger partial charge is 0.480 e. The number of rotatable bonds is 4. The first-order valence-corrected chi connectivity index (χ1v) is 2.72. The molecule has 0 aromatic rings. The zero-order chi connectivity index (χ0) is 8.20. The van der Waals surface area contributed by atoms with E-state index < -0.39 is 11.8 Å². The van der Waals surface area contributed by atoms with Crippen molar-refractivity contribution in [3.8, 4) is 0 Å². The average molecular weight is 148 g/mol. The Morgan fingerprint density at radius 3 is 2.40 bits per heavy atom. The summed E-state index contributed by atoms with van der Waals surface area (Å²) in [6.45, 7) is -0.301. The van der Waals surface area contributed by atoms with Crippen molar-refractivity contribution in [2.75, 3.05) is 13.1 Å². The summed E-state index contributed by atoms with van der Waals surface area (Å²) in [5.74, 6) is -2.30. The highest BCUT2D eigenvalue weighted by atomic mass is 16.4. The molecule has 0 heterocycles. The molecule has 10 heavy (non-hydrogen) atoms. The van der Waals surface area contributed by atoms with Crippen LogP contribution in [0.1, 0.15) is 0 Å². The standard InChI is InChI=1S/C4H12N4O2/c5-2-4(6,7)8-1-3(9)10/h8H,1-2,5-7H2,(H,9,10). The smallest absolute Gasteiger partial charge is 0.317 e. The van der Waals surface area contributed by atoms with Gasteiger partial charge in [0.2, 0.25) is 0 Å². The monoisotopic (exact) mass is 148 g/mol. The van der Waals surface area contributed by atoms with Crippen LogP contribution in [0.3, 0.4) is 0 Å². The minimum atomic E-state index is -1.28. The maximum absolute atomic E-state index is 9.95. The van der Waals surface area contributed by atoms with Crippen LogP contribution in [0.5, 0.6) is 0 Å². The lowest BCUT2D eigenvalue weighted by Gasteiger charge is -2.22. The minimum absolute atomic E-state index is 0.0136. The van der Waals surface area contributed by atoms with Gasteiger partial charge in [-0.05, 0) is 0 Å². The molecule has 0 aliphatic carbocycles. The summed E-state index contributed by atoms with van der Waals surface area (Å²) in [6, 6.07) is 0. The van der Waals surface area contributed by atoms with Crippen LogP contribution in [0.4, 0.5) is 0 Å². The van der Waals surface area contributed by atoms with E-state index in [0.717, 1.165) is 0 Å². The Morgan fingerprint density at radius 1 is 1.60 bits per heavy atom. The van der Waals surface area contributed by atoms with Crippen molar-refractivity contribution in [2.45, 2.75) is 5.79 Å². The normalized spacial score (nSPS) is 11.5. The summed E-state index contributed by atoms with van der Waals surface area (Å²) in [7, 11) is 0. The van der Waals surface area contributed by atoms with E-state index >= 15 is 0 Å². The number of hydrogen-bond donors (Lipinski definition) is 5. The van der Waals surface area contributed by atoms with Crippen LogP contribution in [0, 0.1) is 0 Å². The van der Waals surface area contributed by atoms with E-state index in [1.165, 1.54) is 0 Å². The third-order valence-electron chi connectivity index (χ3n) is 0.907. The zero-order valence-corrected chi connectivity index (χ0v) is 5.50. The molecule has 0 aliphatic rings. The maximum Gasteiger partial charge on any atom is 0.317 e. The second-order valence-corrected chi connectivity index (χ2v) is 1.99. The quantitative estimate of drug-likeness (QED) is 0.274. The van der Waals surface area contributed by atoms with Gasteiger partial charge in [-0.3, -0.25) is 10.1 Å². The van der Waals surface area contributed by atoms with E-state index in [0.29, 0.717) is 0 Å². The molecular formula is C4H12N4O2. The SMILES string of the molecule is NCC(N)(N)NCC(=O)O. The summed E-state index contributed by atoms with van der Waals surface area (Å²) >= 11 is 0. The van der Waals surface area contributed by atoms with Gasteiger partial charge in [-0.1, -0.05) is 0 Å². The molecule has 0 saturated heterocycles. The second-order valence-electron chi connectivity index (χ2n) is 1.99. The molecule has 6 nitrogen and oxygen atoms in total. The van der Waals surface area contributed by atoms with Gasteiger partial charge in [0.05, 0.1) is 6.54 Å². The van der Waals surface area contributed by atoms with Crippen molar-refractivity contribution in [2.24, 2.45) is 17.2 Å². The fraction of sp³-hybridized carbons (Fsp3) is 0.750. The molecule has 6 heteroatoms. The molecule has 0 unspecified atom stereocenters. The lowest BCUT2D eigenvalue weighted by molar-refractivity contribution is -0.136. The lowest BCUT2D eigenvalue weighted by Crippen LogP contribution is -2.66. The average Bonchev–Trinajstić information content (AvgIpc) is 1.85. The summed E-state index contributed by atoms with van der Waals surface area (Å²) in [4.78, 5) is 9.95. The van der Waals surface area contributed by atoms with E-state index in [4.69, 9.17) is 22.3 Å². The molecule has 0 aliphatic heterocycles. The second kappa shape index (κ2) is 3.47. The summed E-state index contributed by atoms with van der Waals surface area (Å²) < 4.78 is 0. The van der Waals surface area contributed by atoms with E-state index in [1.54, 1.807) is 0 Å². The molecule has 0 amide bonds. The molecule has 0 aromatic carbocycles. The number of nitrogens with two attached hydrogens (primary N) is 3. The van der Waals surface area contributed by atoms with Gasteiger partial charge in [-0.15, -0.1) is 0 Å². The van der Waals surface area contributed by atoms with E-state index in [9.17, 15) is 4.79 Å². The molecule has 8 N–H and O–H groups in total. The minimum Gasteiger partial charge on any atom is -0.480 e. The maximum atomic E-state index is 9.95. The van der Waals surface area contributed by atoms with Crippen LogP contribution in [0.2, 0.25) is 0 Å². The number of nitrogens with one attached hydrogen (secondary N) is 1. The fourth-order valence-corrected chi connectivity index (χ4v) is 0.312. The van der Waals surface area contributed by atoms with Gasteiger partial charge in [0, 0.05) is 6.54 Å². The number of carboxylic acids is 1. The van der Waals surface area contributed by atoms with Crippen LogP contribution < -0.4 is 22.5 Å². The predicted molar refractivity (Wildman–Crippen MR) is 35.8 cm³/mol. The van der Waals surface area contributed by atoms with Gasteiger partial charge in [0.25, 0.3) is 0 Å². The lowest BCUT2D eigenvalue weighted by atomic mass is 10.4. The first-order valence-electron chi connectivity index (χ1n) is 2.72. The van der Waals surface area contributed by atoms with Gasteiger partial charge in [-0.2, -0.15) is 0 Å². The Bertz CT molecular complexity index is 124. The Kier molecular flexibility index (Phi) is 3.23. The van der Waals surface area contributed by atoms with Gasteiger partial charge in [-0.25, -0.2) is 0 Å². The van der Waals surface area contributed by atoms with Gasteiger partial charge < -0.3 is 22.3 Å². The number of carbonyl (C=O) groups is 1. The summed E-state index contributed by atoms with van der Waals surface area (Å²) in [5, 5.41) is 10.5. The highest BCUT2D eigenvalue weighted by molar-refractivity contribution is 5.69. The van der Waals surface area contributed by atoms with Crippen LogP contribution in [-0.4, -0.2) is 30.0 Å². The number of aliphatic carboxylic acids is 1. The van der Waals surface area contributed by atoms with Crippen molar-refractivity contribution in [1.29, 1.82) is 0 Å². The molecule has 0 bridgehead atoms. The first kappa shape index (κ1) is 9.31. The first-order chi connectivity index (χ1) is 4.48. The van der Waals surface area contributed by atoms with Crippen LogP contribution in [-0.2, 0) is 4.79 Å². The van der Waals surface area contributed by atoms with Crippen molar-refractivity contribution in [1.82, 2.24) is 5.32 Å². The Labute approximate surface area is 58.4 Å². The molecular weight excluding hydrogens is 136 g/mol. The third-order valence-corrected chi connectivity index (χ3v) is 0.907. The van der Waals surface area contributed by atoms with Gasteiger partial charge in [0.1, 0.15) is 5.79 Å². The van der Waals surface area contributed by atoms with E-state index in [-0.39, 0.29) is 13.1 Å². The van der Waals surface area contributed by atoms with Crippen LogP contribution in [0.15, 0.2) is 0 Å². The predicted octanol–water partition coefficient (Wildman–Crippen LogP) is -2.81. The third kappa shape index (κ3) is 4.21. The van der Waals surface area contributed by atoms with Crippen molar-refractivity contribution < 1.29 is 9.90 Å². The Hall–Kier alpha value is -0.690. The number of hydrogen-bond acceptors (Lipinski definition) is 5. The molecule has 0 aromatic heterocycles. The Morgan fingerprint density at radius 2 is 2.10 bits per heavy atom. The van der Waals surface area contributed by atoms with Gasteiger partial charge >= 0.3 is 5.97 Å². The summed E-state index contributed by atoms with van der Waals surface area (Å²) in [6.07, 6.45) is 0. The molecule has 0 rings (SSSR count). The number of carboxylic acid groups (broad SMARTS) is 1. The van der Waals surface area contributed by atoms with E-state index in [2.05, 4.69) is 5.32 Å². The summed E-state index contributed by atoms with van der Waals surface area (Å²) in [5.41, 5.74) is 15.6. The molecule has 0 atom stereocenters. The molecule has 0 radical (unpaired) electrons. The molecule has 60 valence electrons. The van der Waals surface area contributed by atoms with E-state index in [1.807, 2.05) is 0 Å². The Balaban J connectivity index is 3.56. The molecule has 0 fully saturated rings.